The Morgan fingerprint density at radius 3 is 1.32 bits per heavy atom. The largest absolute Gasteiger partial charge is 0.573 e. The summed E-state index contributed by atoms with van der Waals surface area (Å²) in [7, 11) is -9.24. The van der Waals surface area contributed by atoms with Crippen LogP contribution in [0.1, 0.15) is 0 Å². The normalized spacial score (nSPS) is 12.5. The number of halogens is 8. The van der Waals surface area contributed by atoms with Crippen molar-refractivity contribution in [3.63, 3.8) is 0 Å². The van der Waals surface area contributed by atoms with Gasteiger partial charge in [0.15, 0.2) is 0 Å². The van der Waals surface area contributed by atoms with Crippen molar-refractivity contribution in [1.29, 1.82) is 0 Å². The summed E-state index contributed by atoms with van der Waals surface area (Å²) in [5, 5.41) is 0. The molecule has 4 aromatic carbocycles. The summed E-state index contributed by atoms with van der Waals surface area (Å²) in [6.07, 6.45) is -10.1. The molecule has 4 rings (SSSR count). The van der Waals surface area contributed by atoms with Crippen molar-refractivity contribution in [3.8, 4) is 22.6 Å². The molecule has 4 aromatic rings. The molecule has 234 valence electrons. The van der Waals surface area contributed by atoms with Crippen molar-refractivity contribution in [2.75, 3.05) is 9.44 Å². The fourth-order valence-corrected chi connectivity index (χ4v) is 5.82. The van der Waals surface area contributed by atoms with Crippen LogP contribution in [-0.2, 0) is 20.0 Å². The smallest absolute Gasteiger partial charge is 0.406 e. The quantitative estimate of drug-likeness (QED) is 0.185. The first-order valence-electron chi connectivity index (χ1n) is 11.7. The van der Waals surface area contributed by atoms with E-state index in [-0.39, 0.29) is 11.1 Å². The van der Waals surface area contributed by atoms with E-state index in [1.165, 1.54) is 6.07 Å². The molecule has 0 aliphatic heterocycles. The van der Waals surface area contributed by atoms with Crippen LogP contribution in [0.5, 0.6) is 11.5 Å². The van der Waals surface area contributed by atoms with E-state index in [0.29, 0.717) is 18.2 Å². The summed E-state index contributed by atoms with van der Waals surface area (Å²) < 4.78 is 166. The van der Waals surface area contributed by atoms with Crippen molar-refractivity contribution >= 4 is 31.4 Å². The van der Waals surface area contributed by atoms with E-state index in [9.17, 15) is 52.0 Å². The topological polar surface area (TPSA) is 111 Å². The van der Waals surface area contributed by atoms with Gasteiger partial charge in [-0.15, -0.1) is 26.3 Å². The summed E-state index contributed by atoms with van der Waals surface area (Å²) in [4.78, 5) is -1.14. The highest BCUT2D eigenvalue weighted by Crippen LogP contribution is 2.34. The third-order valence-electron chi connectivity index (χ3n) is 5.44. The monoisotopic (exact) mass is 668 g/mol. The lowest BCUT2D eigenvalue weighted by Gasteiger charge is -2.17. The second-order valence-electron chi connectivity index (χ2n) is 8.67. The van der Waals surface area contributed by atoms with Gasteiger partial charge in [0.25, 0.3) is 20.0 Å². The number of anilines is 2. The molecule has 44 heavy (non-hydrogen) atoms. The molecule has 0 fully saturated rings. The highest BCUT2D eigenvalue weighted by molar-refractivity contribution is 7.93. The number of nitrogens with one attached hydrogen (secondary N) is 2. The van der Waals surface area contributed by atoms with Gasteiger partial charge in [-0.2, -0.15) is 0 Å². The van der Waals surface area contributed by atoms with Gasteiger partial charge in [-0.1, -0.05) is 6.07 Å². The Labute approximate surface area is 244 Å². The Bertz CT molecular complexity index is 1860. The van der Waals surface area contributed by atoms with E-state index >= 15 is 0 Å². The van der Waals surface area contributed by atoms with Gasteiger partial charge in [-0.25, -0.2) is 25.6 Å². The van der Waals surface area contributed by atoms with Crippen molar-refractivity contribution in [2.24, 2.45) is 0 Å². The predicted octanol–water partition coefficient (Wildman–Crippen LogP) is 7.03. The summed E-state index contributed by atoms with van der Waals surface area (Å²) in [6.45, 7) is 0. The molecule has 2 N–H and O–H groups in total. The van der Waals surface area contributed by atoms with Gasteiger partial charge in [0, 0.05) is 6.07 Å². The summed E-state index contributed by atoms with van der Waals surface area (Å²) in [5.74, 6) is -3.41. The molecule has 0 heterocycles. The van der Waals surface area contributed by atoms with Gasteiger partial charge in [0.1, 0.15) is 23.1 Å². The first-order chi connectivity index (χ1) is 20.3. The Morgan fingerprint density at radius 2 is 0.909 bits per heavy atom. The Balaban J connectivity index is 1.71. The minimum absolute atomic E-state index is 0.00613. The lowest BCUT2D eigenvalue weighted by atomic mass is 10.0. The van der Waals surface area contributed by atoms with Crippen LogP contribution >= 0.6 is 0 Å². The SMILES string of the molecule is O=S(=O)(Nc1ccc(-c2cc(F)cc(F)c2)cc1NS(=O)(=O)c1ccc(OC(F)(F)F)cc1)c1ccc(OC(F)(F)F)cc1. The average Bonchev–Trinajstić information content (AvgIpc) is 2.87. The van der Waals surface area contributed by atoms with Crippen molar-refractivity contribution < 1.29 is 61.4 Å². The molecule has 0 unspecified atom stereocenters. The highest BCUT2D eigenvalue weighted by Gasteiger charge is 2.32. The third kappa shape index (κ3) is 8.50. The van der Waals surface area contributed by atoms with Crippen LogP contribution in [0.15, 0.2) is 94.7 Å². The molecule has 0 aliphatic rings. The number of rotatable bonds is 9. The Kier molecular flexibility index (Phi) is 8.70. The standard InChI is InChI=1S/C26H16F8N2O6S2/c27-17-11-16(12-18(28)14-17)15-1-10-23(35-43(37,38)21-6-2-19(3-7-21)41-25(29,30)31)24(13-15)36-44(39,40)22-8-4-20(5-9-22)42-26(32,33)34/h1-14,35-36H. The van der Waals surface area contributed by atoms with Crippen LogP contribution in [0, 0.1) is 11.6 Å². The zero-order chi connectivity index (χ0) is 32.5. The van der Waals surface area contributed by atoms with E-state index in [2.05, 4.69) is 18.9 Å². The Morgan fingerprint density at radius 1 is 0.500 bits per heavy atom. The van der Waals surface area contributed by atoms with Crippen molar-refractivity contribution in [3.05, 3.63) is 96.6 Å². The second-order valence-corrected chi connectivity index (χ2v) is 12.0. The lowest BCUT2D eigenvalue weighted by Crippen LogP contribution is -2.19. The first-order valence-corrected chi connectivity index (χ1v) is 14.6. The van der Waals surface area contributed by atoms with Crippen LogP contribution < -0.4 is 18.9 Å². The number of alkyl halides is 6. The van der Waals surface area contributed by atoms with Crippen molar-refractivity contribution in [2.45, 2.75) is 22.5 Å². The lowest BCUT2D eigenvalue weighted by molar-refractivity contribution is -0.275. The average molecular weight is 669 g/mol. The number of ether oxygens (including phenoxy) is 2. The molecule has 0 radical (unpaired) electrons. The fraction of sp³-hybridized carbons (Fsp3) is 0.0769. The van der Waals surface area contributed by atoms with Gasteiger partial charge in [0.2, 0.25) is 0 Å². The van der Waals surface area contributed by atoms with E-state index in [1.807, 2.05) is 0 Å². The van der Waals surface area contributed by atoms with Gasteiger partial charge < -0.3 is 9.47 Å². The molecule has 8 nitrogen and oxygen atoms in total. The van der Waals surface area contributed by atoms with E-state index in [1.54, 1.807) is 0 Å². The van der Waals surface area contributed by atoms with E-state index < -0.39 is 77.1 Å². The van der Waals surface area contributed by atoms with Crippen LogP contribution in [0.3, 0.4) is 0 Å². The molecule has 0 aliphatic carbocycles. The molecule has 0 saturated heterocycles. The summed E-state index contributed by atoms with van der Waals surface area (Å²) >= 11 is 0. The number of benzene rings is 4. The summed E-state index contributed by atoms with van der Waals surface area (Å²) in [6, 6.07) is 11.6. The van der Waals surface area contributed by atoms with Gasteiger partial charge in [-0.3, -0.25) is 9.44 Å². The van der Waals surface area contributed by atoms with Gasteiger partial charge >= 0.3 is 12.7 Å². The molecule has 18 heteroatoms. The minimum atomic E-state index is -5.05. The molecule has 0 saturated carbocycles. The number of sulfonamides is 2. The molecule has 0 aromatic heterocycles. The Hall–Kier alpha value is -4.58. The highest BCUT2D eigenvalue weighted by atomic mass is 32.2. The maximum absolute atomic E-state index is 13.9. The third-order valence-corrected chi connectivity index (χ3v) is 8.20. The van der Waals surface area contributed by atoms with Crippen LogP contribution in [0.4, 0.5) is 46.5 Å². The fourth-order valence-electron chi connectivity index (χ4n) is 3.67. The predicted molar refractivity (Wildman–Crippen MR) is 140 cm³/mol. The molecular formula is C26H16F8N2O6S2. The number of hydrogen-bond acceptors (Lipinski definition) is 6. The van der Waals surface area contributed by atoms with E-state index in [4.69, 9.17) is 0 Å². The molecule has 0 amide bonds. The zero-order valence-corrected chi connectivity index (χ0v) is 23.0. The van der Waals surface area contributed by atoms with Gasteiger partial charge in [0.05, 0.1) is 21.2 Å². The zero-order valence-electron chi connectivity index (χ0n) is 21.4. The number of hydrogen-bond donors (Lipinski definition) is 2. The van der Waals surface area contributed by atoms with Crippen LogP contribution in [0.2, 0.25) is 0 Å². The molecule has 0 bridgehead atoms. The van der Waals surface area contributed by atoms with Crippen LogP contribution in [-0.4, -0.2) is 29.6 Å². The summed E-state index contributed by atoms with van der Waals surface area (Å²) in [5.41, 5.74) is -1.01. The maximum Gasteiger partial charge on any atom is 0.573 e. The molecule has 0 spiro atoms. The van der Waals surface area contributed by atoms with Crippen molar-refractivity contribution in [1.82, 2.24) is 0 Å². The van der Waals surface area contributed by atoms with Gasteiger partial charge in [-0.05, 0) is 83.9 Å². The van der Waals surface area contributed by atoms with Crippen LogP contribution in [0.25, 0.3) is 11.1 Å². The molecule has 0 atom stereocenters. The second kappa shape index (κ2) is 11.8. The maximum atomic E-state index is 13.9. The first kappa shape index (κ1) is 32.3. The minimum Gasteiger partial charge on any atom is -0.406 e. The molecular weight excluding hydrogens is 652 g/mol. The van der Waals surface area contributed by atoms with E-state index in [0.717, 1.165) is 60.7 Å².